The van der Waals surface area contributed by atoms with Crippen LogP contribution >= 0.6 is 11.6 Å². The van der Waals surface area contributed by atoms with Gasteiger partial charge in [0.05, 0.1) is 37.7 Å². The summed E-state index contributed by atoms with van der Waals surface area (Å²) in [7, 11) is 1.24. The number of halogens is 1. The number of nitrogens with one attached hydrogen (secondary N) is 1. The number of hydrogen-bond acceptors (Lipinski definition) is 7. The predicted molar refractivity (Wildman–Crippen MR) is 102 cm³/mol. The van der Waals surface area contributed by atoms with Crippen LogP contribution in [-0.4, -0.2) is 53.7 Å². The summed E-state index contributed by atoms with van der Waals surface area (Å²) in [6.07, 6.45) is 3.16. The number of benzene rings is 1. The molecule has 0 fully saturated rings. The van der Waals surface area contributed by atoms with E-state index in [1.807, 2.05) is 0 Å². The molecule has 1 aromatic carbocycles. The summed E-state index contributed by atoms with van der Waals surface area (Å²) in [5.74, 6) is -0.174. The summed E-state index contributed by atoms with van der Waals surface area (Å²) < 4.78 is 10.6. The fraction of sp³-hybridized carbons (Fsp3) is 0.211. The summed E-state index contributed by atoms with van der Waals surface area (Å²) in [5.41, 5.74) is 0.610. The minimum Gasteiger partial charge on any atom is -0.466 e. The zero-order valence-electron chi connectivity index (χ0n) is 15.0. The maximum absolute atomic E-state index is 12.7. The van der Waals surface area contributed by atoms with Crippen molar-refractivity contribution in [1.82, 2.24) is 9.88 Å². The van der Waals surface area contributed by atoms with E-state index in [1.165, 1.54) is 12.0 Å². The molecule has 0 saturated carbocycles. The fourth-order valence-corrected chi connectivity index (χ4v) is 2.88. The number of aliphatic hydroxyl groups excluding tert-OH is 1. The first-order valence-corrected chi connectivity index (χ1v) is 8.77. The number of amides is 1. The number of carbonyl (C=O) groups is 2. The quantitative estimate of drug-likeness (QED) is 0.683. The van der Waals surface area contributed by atoms with E-state index in [0.29, 0.717) is 22.2 Å². The molecule has 2 aromatic rings. The molecule has 1 aromatic heterocycles. The number of ether oxygens (including phenoxy) is 2. The Morgan fingerprint density at radius 1 is 1.39 bits per heavy atom. The number of nitrogens with zero attached hydrogens (tertiary/aromatic N) is 2. The lowest BCUT2D eigenvalue weighted by atomic mass is 10.2. The SMILES string of the molecule is COC(=O)C1=C(Nc2cc(Cl)ccc2Oc2cccnc2)C(=O)N(CCO)C1. The van der Waals surface area contributed by atoms with Crippen molar-refractivity contribution in [2.24, 2.45) is 0 Å². The Morgan fingerprint density at radius 2 is 2.21 bits per heavy atom. The number of esters is 1. The van der Waals surface area contributed by atoms with E-state index in [4.69, 9.17) is 26.2 Å². The molecule has 28 heavy (non-hydrogen) atoms. The van der Waals surface area contributed by atoms with E-state index < -0.39 is 11.9 Å². The van der Waals surface area contributed by atoms with Gasteiger partial charge in [-0.1, -0.05) is 11.6 Å². The second kappa shape index (κ2) is 8.73. The van der Waals surface area contributed by atoms with Gasteiger partial charge in [0.1, 0.15) is 11.4 Å². The highest BCUT2D eigenvalue weighted by Gasteiger charge is 2.34. The van der Waals surface area contributed by atoms with Crippen LogP contribution in [0.4, 0.5) is 5.69 Å². The van der Waals surface area contributed by atoms with E-state index in [-0.39, 0.29) is 31.0 Å². The minimum atomic E-state index is -0.631. The Morgan fingerprint density at radius 3 is 2.89 bits per heavy atom. The van der Waals surface area contributed by atoms with Gasteiger partial charge in [0.2, 0.25) is 0 Å². The summed E-state index contributed by atoms with van der Waals surface area (Å²) in [4.78, 5) is 30.2. The molecule has 8 nitrogen and oxygen atoms in total. The predicted octanol–water partition coefficient (Wildman–Crippen LogP) is 2.20. The second-order valence-electron chi connectivity index (χ2n) is 5.85. The van der Waals surface area contributed by atoms with Gasteiger partial charge in [0, 0.05) is 17.8 Å². The lowest BCUT2D eigenvalue weighted by molar-refractivity contribution is -0.136. The van der Waals surface area contributed by atoms with Crippen molar-refractivity contribution in [3.05, 3.63) is 59.0 Å². The lowest BCUT2D eigenvalue weighted by Gasteiger charge is -2.16. The molecule has 1 aliphatic heterocycles. The zero-order valence-corrected chi connectivity index (χ0v) is 15.8. The van der Waals surface area contributed by atoms with Crippen molar-refractivity contribution in [2.45, 2.75) is 0 Å². The zero-order chi connectivity index (χ0) is 20.1. The molecule has 1 amide bonds. The number of hydrogen-bond donors (Lipinski definition) is 2. The van der Waals surface area contributed by atoms with Gasteiger partial charge in [0.15, 0.2) is 5.75 Å². The van der Waals surface area contributed by atoms with Crippen molar-refractivity contribution in [3.8, 4) is 11.5 Å². The maximum Gasteiger partial charge on any atom is 0.337 e. The average molecular weight is 404 g/mol. The third kappa shape index (κ3) is 4.24. The van der Waals surface area contributed by atoms with E-state index in [2.05, 4.69) is 10.3 Å². The number of pyridine rings is 1. The molecule has 2 N–H and O–H groups in total. The number of aliphatic hydroxyl groups is 1. The number of carbonyl (C=O) groups excluding carboxylic acids is 2. The van der Waals surface area contributed by atoms with Crippen LogP contribution in [-0.2, 0) is 14.3 Å². The third-order valence-electron chi connectivity index (χ3n) is 4.02. The third-order valence-corrected chi connectivity index (χ3v) is 4.25. The van der Waals surface area contributed by atoms with Gasteiger partial charge >= 0.3 is 5.97 Å². The molecule has 0 unspecified atom stereocenters. The molecule has 0 spiro atoms. The van der Waals surface area contributed by atoms with Gasteiger partial charge in [-0.05, 0) is 30.3 Å². The number of aromatic nitrogens is 1. The number of methoxy groups -OCH3 is 1. The largest absolute Gasteiger partial charge is 0.466 e. The van der Waals surface area contributed by atoms with Crippen LogP contribution in [0.2, 0.25) is 5.02 Å². The van der Waals surface area contributed by atoms with Crippen molar-refractivity contribution >= 4 is 29.2 Å². The summed E-state index contributed by atoms with van der Waals surface area (Å²) in [6, 6.07) is 8.32. The Kier molecular flexibility index (Phi) is 6.13. The molecule has 0 saturated heterocycles. The molecular weight excluding hydrogens is 386 g/mol. The Balaban J connectivity index is 1.95. The normalized spacial score (nSPS) is 13.7. The fourth-order valence-electron chi connectivity index (χ4n) is 2.71. The molecule has 0 atom stereocenters. The standard InChI is InChI=1S/C19H18ClN3O5/c1-27-19(26)14-11-23(7-8-24)18(25)17(14)22-15-9-12(20)4-5-16(15)28-13-3-2-6-21-10-13/h2-6,9-10,22,24H,7-8,11H2,1H3. The van der Waals surface area contributed by atoms with Gasteiger partial charge in [-0.15, -0.1) is 0 Å². The van der Waals surface area contributed by atoms with Crippen molar-refractivity contribution in [1.29, 1.82) is 0 Å². The number of anilines is 1. The van der Waals surface area contributed by atoms with Crippen LogP contribution in [0.5, 0.6) is 11.5 Å². The molecule has 2 heterocycles. The van der Waals surface area contributed by atoms with E-state index in [1.54, 1.807) is 42.7 Å². The van der Waals surface area contributed by atoms with Gasteiger partial charge in [0.25, 0.3) is 5.91 Å². The van der Waals surface area contributed by atoms with Crippen LogP contribution in [0.25, 0.3) is 0 Å². The lowest BCUT2D eigenvalue weighted by Crippen LogP contribution is -2.31. The van der Waals surface area contributed by atoms with Crippen LogP contribution < -0.4 is 10.1 Å². The molecule has 3 rings (SSSR count). The van der Waals surface area contributed by atoms with Crippen LogP contribution in [0, 0.1) is 0 Å². The van der Waals surface area contributed by atoms with Gasteiger partial charge in [-0.25, -0.2) is 4.79 Å². The van der Waals surface area contributed by atoms with Gasteiger partial charge in [-0.2, -0.15) is 0 Å². The molecule has 9 heteroatoms. The van der Waals surface area contributed by atoms with Crippen LogP contribution in [0.15, 0.2) is 54.0 Å². The summed E-state index contributed by atoms with van der Waals surface area (Å²) in [5, 5.41) is 12.5. The molecular formula is C19H18ClN3O5. The Hall–Kier alpha value is -3.10. The smallest absolute Gasteiger partial charge is 0.337 e. The number of rotatable bonds is 7. The topological polar surface area (TPSA) is 101 Å². The van der Waals surface area contributed by atoms with Crippen LogP contribution in [0.1, 0.15) is 0 Å². The minimum absolute atomic E-state index is 0.0355. The van der Waals surface area contributed by atoms with Crippen molar-refractivity contribution in [2.75, 3.05) is 32.1 Å². The molecule has 1 aliphatic rings. The second-order valence-corrected chi connectivity index (χ2v) is 6.29. The number of β-amino-alcohol motifs (C(OH)–C–C–N with tert-alkyl or cyclic N) is 1. The van der Waals surface area contributed by atoms with E-state index >= 15 is 0 Å². The van der Waals surface area contributed by atoms with Crippen molar-refractivity contribution < 1.29 is 24.2 Å². The van der Waals surface area contributed by atoms with Crippen LogP contribution in [0.3, 0.4) is 0 Å². The molecule has 0 radical (unpaired) electrons. The summed E-state index contributed by atoms with van der Waals surface area (Å²) in [6.45, 7) is -0.0904. The highest BCUT2D eigenvalue weighted by Crippen LogP contribution is 2.34. The molecule has 146 valence electrons. The maximum atomic E-state index is 12.7. The average Bonchev–Trinajstić information content (AvgIpc) is 3.00. The highest BCUT2D eigenvalue weighted by molar-refractivity contribution is 6.31. The first kappa shape index (κ1) is 19.7. The van der Waals surface area contributed by atoms with Gasteiger partial charge in [-0.3, -0.25) is 9.78 Å². The van der Waals surface area contributed by atoms with Crippen molar-refractivity contribution in [3.63, 3.8) is 0 Å². The molecule has 0 aliphatic carbocycles. The monoisotopic (exact) mass is 403 g/mol. The Bertz CT molecular complexity index is 917. The van der Waals surface area contributed by atoms with E-state index in [0.717, 1.165) is 0 Å². The Labute approximate surface area is 166 Å². The summed E-state index contributed by atoms with van der Waals surface area (Å²) >= 11 is 6.10. The highest BCUT2D eigenvalue weighted by atomic mass is 35.5. The van der Waals surface area contributed by atoms with Gasteiger partial charge < -0.3 is 24.8 Å². The first-order chi connectivity index (χ1) is 13.5. The first-order valence-electron chi connectivity index (χ1n) is 8.39. The van der Waals surface area contributed by atoms with E-state index in [9.17, 15) is 9.59 Å². The molecule has 0 bridgehead atoms.